The summed E-state index contributed by atoms with van der Waals surface area (Å²) in [6, 6.07) is 2.15. The second-order valence-corrected chi connectivity index (χ2v) is 9.84. The summed E-state index contributed by atoms with van der Waals surface area (Å²) in [5.41, 5.74) is 0.353. The van der Waals surface area contributed by atoms with E-state index < -0.39 is 0 Å². The maximum atomic E-state index is 3.84. The van der Waals surface area contributed by atoms with Gasteiger partial charge in [0.15, 0.2) is 0 Å². The van der Waals surface area contributed by atoms with Gasteiger partial charge < -0.3 is 5.32 Å². The zero-order chi connectivity index (χ0) is 15.6. The van der Waals surface area contributed by atoms with E-state index in [4.69, 9.17) is 0 Å². The van der Waals surface area contributed by atoms with Crippen molar-refractivity contribution in [1.29, 1.82) is 0 Å². The fourth-order valence-corrected chi connectivity index (χ4v) is 5.34. The molecule has 0 spiro atoms. The largest absolute Gasteiger partial charge is 0.311 e. The molecule has 1 saturated carbocycles. The molecule has 0 amide bonds. The highest BCUT2D eigenvalue weighted by molar-refractivity contribution is 7.99. The molecule has 1 aliphatic carbocycles. The highest BCUT2D eigenvalue weighted by atomic mass is 32.2. The van der Waals surface area contributed by atoms with Gasteiger partial charge in [-0.3, -0.25) is 4.90 Å². The molecule has 0 bridgehead atoms. The maximum absolute atomic E-state index is 3.84. The molecule has 4 atom stereocenters. The molecule has 1 heterocycles. The lowest BCUT2D eigenvalue weighted by Crippen LogP contribution is -2.64. The predicted octanol–water partition coefficient (Wildman–Crippen LogP) is 4.01. The van der Waals surface area contributed by atoms with Crippen molar-refractivity contribution in [2.75, 3.05) is 18.8 Å². The monoisotopic (exact) mass is 312 g/mol. The molecule has 0 aromatic rings. The van der Waals surface area contributed by atoms with E-state index in [9.17, 15) is 0 Å². The summed E-state index contributed by atoms with van der Waals surface area (Å²) >= 11 is 2.20. The van der Waals surface area contributed by atoms with Gasteiger partial charge in [-0.05, 0) is 29.9 Å². The van der Waals surface area contributed by atoms with Crippen molar-refractivity contribution < 1.29 is 0 Å². The molecule has 124 valence electrons. The summed E-state index contributed by atoms with van der Waals surface area (Å²) in [6.07, 6.45) is 4.27. The summed E-state index contributed by atoms with van der Waals surface area (Å²) in [4.78, 5) is 2.90. The summed E-state index contributed by atoms with van der Waals surface area (Å²) in [6.45, 7) is 16.6. The Hall–Kier alpha value is 0.270. The van der Waals surface area contributed by atoms with Crippen molar-refractivity contribution in [3.63, 3.8) is 0 Å². The lowest BCUT2D eigenvalue weighted by atomic mass is 9.83. The van der Waals surface area contributed by atoms with Gasteiger partial charge in [-0.2, -0.15) is 11.8 Å². The third-order valence-corrected chi connectivity index (χ3v) is 6.74. The molecule has 2 aliphatic rings. The van der Waals surface area contributed by atoms with Gasteiger partial charge in [0.1, 0.15) is 0 Å². The molecule has 4 unspecified atom stereocenters. The van der Waals surface area contributed by atoms with Gasteiger partial charge >= 0.3 is 0 Å². The van der Waals surface area contributed by atoms with Gasteiger partial charge in [0.05, 0.1) is 0 Å². The van der Waals surface area contributed by atoms with Gasteiger partial charge in [-0.25, -0.2) is 0 Å². The zero-order valence-corrected chi connectivity index (χ0v) is 15.8. The third-order valence-electron chi connectivity index (χ3n) is 5.43. The first-order valence-electron chi connectivity index (χ1n) is 8.95. The van der Waals surface area contributed by atoms with Crippen LogP contribution in [0, 0.1) is 11.3 Å². The normalized spacial score (nSPS) is 35.6. The molecule has 0 radical (unpaired) electrons. The van der Waals surface area contributed by atoms with E-state index in [0.717, 1.165) is 17.2 Å². The molecule has 1 N–H and O–H groups in total. The summed E-state index contributed by atoms with van der Waals surface area (Å²) in [5, 5.41) is 4.71. The smallest absolute Gasteiger partial charge is 0.0247 e. The minimum Gasteiger partial charge on any atom is -0.311 e. The highest BCUT2D eigenvalue weighted by Crippen LogP contribution is 2.37. The van der Waals surface area contributed by atoms with Gasteiger partial charge in [0, 0.05) is 36.5 Å². The van der Waals surface area contributed by atoms with E-state index in [1.54, 1.807) is 0 Å². The molecule has 0 aromatic carbocycles. The van der Waals surface area contributed by atoms with Crippen LogP contribution < -0.4 is 5.32 Å². The van der Waals surface area contributed by atoms with E-state index in [0.29, 0.717) is 17.5 Å². The molecule has 2 rings (SSSR count). The number of hydrogen-bond acceptors (Lipinski definition) is 3. The van der Waals surface area contributed by atoms with Crippen LogP contribution in [-0.2, 0) is 0 Å². The first-order valence-corrected chi connectivity index (χ1v) is 10.00. The van der Waals surface area contributed by atoms with Gasteiger partial charge in [-0.15, -0.1) is 0 Å². The van der Waals surface area contributed by atoms with E-state index in [2.05, 4.69) is 63.5 Å². The second-order valence-electron chi connectivity index (χ2n) is 8.33. The molecule has 0 aromatic heterocycles. The van der Waals surface area contributed by atoms with Gasteiger partial charge in [0.25, 0.3) is 0 Å². The van der Waals surface area contributed by atoms with Crippen molar-refractivity contribution in [2.24, 2.45) is 11.3 Å². The fraction of sp³-hybridized carbons (Fsp3) is 1.00. The van der Waals surface area contributed by atoms with Crippen LogP contribution in [0.4, 0.5) is 0 Å². The van der Waals surface area contributed by atoms with E-state index >= 15 is 0 Å². The average molecular weight is 313 g/mol. The summed E-state index contributed by atoms with van der Waals surface area (Å²) in [5.74, 6) is 2.01. The Balaban J connectivity index is 2.13. The summed E-state index contributed by atoms with van der Waals surface area (Å²) < 4.78 is 0. The van der Waals surface area contributed by atoms with Crippen molar-refractivity contribution >= 4 is 11.8 Å². The van der Waals surface area contributed by atoms with Crippen molar-refractivity contribution in [3.8, 4) is 0 Å². The second kappa shape index (κ2) is 7.23. The van der Waals surface area contributed by atoms with Crippen LogP contribution in [0.5, 0.6) is 0 Å². The minimum atomic E-state index is 0.353. The van der Waals surface area contributed by atoms with Crippen molar-refractivity contribution in [2.45, 2.75) is 84.2 Å². The zero-order valence-electron chi connectivity index (χ0n) is 15.0. The maximum Gasteiger partial charge on any atom is 0.0247 e. The Kier molecular flexibility index (Phi) is 6.07. The van der Waals surface area contributed by atoms with E-state index in [-0.39, 0.29) is 0 Å². The Bertz CT molecular complexity index is 324. The number of nitrogens with zero attached hydrogens (tertiary/aromatic N) is 1. The number of piperazine rings is 1. The molecule has 2 nitrogen and oxygen atoms in total. The molecule has 2 fully saturated rings. The lowest BCUT2D eigenvalue weighted by molar-refractivity contribution is 0.0325. The Morgan fingerprint density at radius 1 is 1.24 bits per heavy atom. The Morgan fingerprint density at radius 2 is 1.95 bits per heavy atom. The van der Waals surface area contributed by atoms with Crippen LogP contribution in [0.2, 0.25) is 0 Å². The van der Waals surface area contributed by atoms with Crippen molar-refractivity contribution in [1.82, 2.24) is 10.2 Å². The molecule has 21 heavy (non-hydrogen) atoms. The summed E-state index contributed by atoms with van der Waals surface area (Å²) in [7, 11) is 0. The third kappa shape index (κ3) is 4.17. The molecule has 1 saturated heterocycles. The van der Waals surface area contributed by atoms with Gasteiger partial charge in [0.2, 0.25) is 0 Å². The quantitative estimate of drug-likeness (QED) is 0.844. The minimum absolute atomic E-state index is 0.353. The number of rotatable bonds is 4. The molecular weight excluding hydrogens is 276 g/mol. The van der Waals surface area contributed by atoms with Gasteiger partial charge in [-0.1, -0.05) is 48.0 Å². The molecule has 3 heteroatoms. The van der Waals surface area contributed by atoms with E-state index in [1.165, 1.54) is 38.1 Å². The fourth-order valence-electron chi connectivity index (χ4n) is 4.07. The van der Waals surface area contributed by atoms with Crippen molar-refractivity contribution in [3.05, 3.63) is 0 Å². The van der Waals surface area contributed by atoms with Crippen LogP contribution in [0.1, 0.15) is 60.8 Å². The van der Waals surface area contributed by atoms with Crippen LogP contribution in [-0.4, -0.2) is 47.1 Å². The predicted molar refractivity (Wildman–Crippen MR) is 96.1 cm³/mol. The number of nitrogens with one attached hydrogen (secondary N) is 1. The van der Waals surface area contributed by atoms with Crippen LogP contribution >= 0.6 is 11.8 Å². The Morgan fingerprint density at radius 3 is 2.52 bits per heavy atom. The topological polar surface area (TPSA) is 15.3 Å². The number of hydrogen-bond donors (Lipinski definition) is 1. The molecular formula is C18H36N2S. The number of thioether (sulfide) groups is 1. The van der Waals surface area contributed by atoms with Crippen LogP contribution in [0.15, 0.2) is 0 Å². The van der Waals surface area contributed by atoms with E-state index in [1.807, 2.05) is 0 Å². The lowest BCUT2D eigenvalue weighted by Gasteiger charge is -2.50. The Labute approximate surface area is 136 Å². The SMILES string of the molecule is CCSC1CCCC1N1CC(C(C)(C)C)NCC1C(C)C. The van der Waals surface area contributed by atoms with Crippen LogP contribution in [0.3, 0.4) is 0 Å². The average Bonchev–Trinajstić information content (AvgIpc) is 2.85. The standard InChI is InChI=1S/C18H36N2S/c1-7-21-16-10-8-9-14(16)20-12-17(18(4,5)6)19-11-15(20)13(2)3/h13-17,19H,7-12H2,1-6H3. The first kappa shape index (κ1) is 17.6. The molecule has 1 aliphatic heterocycles. The highest BCUT2D eigenvalue weighted by Gasteiger charge is 2.42. The van der Waals surface area contributed by atoms with Crippen LogP contribution in [0.25, 0.3) is 0 Å². The first-order chi connectivity index (χ1) is 9.84.